The van der Waals surface area contributed by atoms with Crippen LogP contribution in [0, 0.1) is 12.7 Å². The maximum absolute atomic E-state index is 13.7. The first-order valence-electron chi connectivity index (χ1n) is 9.25. The first-order valence-corrected chi connectivity index (χ1v) is 9.25. The molecule has 144 valence electrons. The summed E-state index contributed by atoms with van der Waals surface area (Å²) in [6.07, 6.45) is 1.43. The number of para-hydroxylation sites is 1. The lowest BCUT2D eigenvalue weighted by molar-refractivity contribution is -0.135. The zero-order valence-electron chi connectivity index (χ0n) is 15.6. The van der Waals surface area contributed by atoms with Crippen molar-refractivity contribution in [2.75, 3.05) is 19.6 Å². The number of aromatic nitrogens is 2. The number of hydrogen-bond donors (Lipinski definition) is 1. The van der Waals surface area contributed by atoms with Gasteiger partial charge >= 0.3 is 0 Å². The first-order chi connectivity index (χ1) is 13.5. The minimum Gasteiger partial charge on any atom is -0.332 e. The molecule has 1 fully saturated rings. The molecule has 3 aromatic rings. The Bertz CT molecular complexity index is 1100. The molecule has 1 unspecified atom stereocenters. The highest BCUT2D eigenvalue weighted by molar-refractivity contribution is 5.81. The molecular weight excluding hydrogens is 359 g/mol. The van der Waals surface area contributed by atoms with Crippen molar-refractivity contribution in [3.05, 3.63) is 76.1 Å². The molecule has 28 heavy (non-hydrogen) atoms. The van der Waals surface area contributed by atoms with Crippen LogP contribution in [0.25, 0.3) is 10.9 Å². The smallest absolute Gasteiger partial charge is 0.261 e. The van der Waals surface area contributed by atoms with E-state index in [1.54, 1.807) is 17.0 Å². The van der Waals surface area contributed by atoms with Gasteiger partial charge in [0.25, 0.3) is 5.56 Å². The van der Waals surface area contributed by atoms with Gasteiger partial charge in [0.1, 0.15) is 12.4 Å². The van der Waals surface area contributed by atoms with Crippen LogP contribution in [0.2, 0.25) is 0 Å². The minimum atomic E-state index is -0.333. The number of piperazine rings is 1. The van der Waals surface area contributed by atoms with E-state index in [9.17, 15) is 14.0 Å². The van der Waals surface area contributed by atoms with Gasteiger partial charge in [0.2, 0.25) is 5.91 Å². The Labute approximate surface area is 161 Å². The minimum absolute atomic E-state index is 0.0957. The summed E-state index contributed by atoms with van der Waals surface area (Å²) in [6.45, 7) is 3.49. The van der Waals surface area contributed by atoms with Crippen molar-refractivity contribution < 1.29 is 9.18 Å². The predicted octanol–water partition coefficient (Wildman–Crippen LogP) is 2.02. The molecule has 1 aliphatic heterocycles. The summed E-state index contributed by atoms with van der Waals surface area (Å²) in [5.41, 5.74) is 2.07. The Morgan fingerprint density at radius 3 is 2.93 bits per heavy atom. The zero-order valence-corrected chi connectivity index (χ0v) is 15.6. The normalized spacial score (nSPS) is 17.1. The van der Waals surface area contributed by atoms with E-state index in [1.807, 2.05) is 25.1 Å². The van der Waals surface area contributed by atoms with Crippen LogP contribution >= 0.6 is 0 Å². The van der Waals surface area contributed by atoms with Crippen molar-refractivity contribution in [1.82, 2.24) is 19.8 Å². The van der Waals surface area contributed by atoms with E-state index >= 15 is 0 Å². The second kappa shape index (κ2) is 7.52. The molecule has 4 rings (SSSR count). The maximum atomic E-state index is 13.7. The van der Waals surface area contributed by atoms with Crippen LogP contribution in [0.15, 0.2) is 53.6 Å². The van der Waals surface area contributed by atoms with Crippen molar-refractivity contribution in [2.45, 2.75) is 19.5 Å². The zero-order chi connectivity index (χ0) is 19.7. The molecule has 1 atom stereocenters. The number of nitrogens with zero attached hydrogens (tertiary/aromatic N) is 3. The van der Waals surface area contributed by atoms with Gasteiger partial charge in [0.15, 0.2) is 0 Å². The highest BCUT2D eigenvalue weighted by Gasteiger charge is 2.28. The van der Waals surface area contributed by atoms with Crippen molar-refractivity contribution in [3.63, 3.8) is 0 Å². The molecule has 1 aliphatic rings. The van der Waals surface area contributed by atoms with Crippen LogP contribution in [0.1, 0.15) is 17.2 Å². The fourth-order valence-corrected chi connectivity index (χ4v) is 3.70. The summed E-state index contributed by atoms with van der Waals surface area (Å²) in [6, 6.07) is 11.4. The number of nitrogens with one attached hydrogen (secondary N) is 1. The quantitative estimate of drug-likeness (QED) is 0.755. The molecule has 0 aliphatic carbocycles. The molecular formula is C21H21FN4O2. The van der Waals surface area contributed by atoms with Crippen LogP contribution in [-0.4, -0.2) is 40.0 Å². The van der Waals surface area contributed by atoms with Crippen molar-refractivity contribution in [3.8, 4) is 0 Å². The molecule has 0 radical (unpaired) electrons. The van der Waals surface area contributed by atoms with Crippen molar-refractivity contribution in [2.24, 2.45) is 0 Å². The highest BCUT2D eigenvalue weighted by atomic mass is 19.1. The van der Waals surface area contributed by atoms with Gasteiger partial charge in [-0.3, -0.25) is 14.2 Å². The van der Waals surface area contributed by atoms with Crippen LogP contribution in [0.3, 0.4) is 0 Å². The second-order valence-corrected chi connectivity index (χ2v) is 7.01. The molecule has 1 saturated heterocycles. The average molecular weight is 380 g/mol. The number of carbonyl (C=O) groups excluding carboxylic acids is 1. The monoisotopic (exact) mass is 380 g/mol. The third-order valence-electron chi connectivity index (χ3n) is 5.16. The summed E-state index contributed by atoms with van der Waals surface area (Å²) < 4.78 is 15.0. The highest BCUT2D eigenvalue weighted by Crippen LogP contribution is 2.23. The lowest BCUT2D eigenvalue weighted by Gasteiger charge is -2.36. The van der Waals surface area contributed by atoms with Crippen LogP contribution in [-0.2, 0) is 11.3 Å². The number of rotatable bonds is 3. The van der Waals surface area contributed by atoms with Crippen LogP contribution in [0.5, 0.6) is 0 Å². The molecule has 2 heterocycles. The third-order valence-corrected chi connectivity index (χ3v) is 5.16. The molecule has 1 amide bonds. The van der Waals surface area contributed by atoms with Crippen molar-refractivity contribution in [1.29, 1.82) is 0 Å². The van der Waals surface area contributed by atoms with Gasteiger partial charge in [-0.2, -0.15) is 0 Å². The molecule has 1 aromatic heterocycles. The van der Waals surface area contributed by atoms with E-state index in [1.165, 1.54) is 23.0 Å². The summed E-state index contributed by atoms with van der Waals surface area (Å²) in [5.74, 6) is -0.521. The first kappa shape index (κ1) is 18.3. The van der Waals surface area contributed by atoms with E-state index in [-0.39, 0.29) is 29.9 Å². The fourth-order valence-electron chi connectivity index (χ4n) is 3.70. The Morgan fingerprint density at radius 1 is 1.29 bits per heavy atom. The SMILES string of the molecule is Cc1cccc2c(=O)n(CC(=O)N3CCNCC3c3cccc(F)c3)cnc12. The van der Waals surface area contributed by atoms with E-state index < -0.39 is 0 Å². The summed E-state index contributed by atoms with van der Waals surface area (Å²) in [7, 11) is 0. The van der Waals surface area contributed by atoms with E-state index in [0.29, 0.717) is 30.5 Å². The lowest BCUT2D eigenvalue weighted by atomic mass is 10.0. The number of hydrogen-bond acceptors (Lipinski definition) is 4. The third kappa shape index (κ3) is 3.41. The summed E-state index contributed by atoms with van der Waals surface area (Å²) >= 11 is 0. The number of carbonyl (C=O) groups is 1. The largest absolute Gasteiger partial charge is 0.332 e. The Hall–Kier alpha value is -3.06. The molecule has 2 aromatic carbocycles. The molecule has 6 nitrogen and oxygen atoms in total. The average Bonchev–Trinajstić information content (AvgIpc) is 2.70. The molecule has 0 bridgehead atoms. The van der Waals surface area contributed by atoms with Gasteiger partial charge < -0.3 is 10.2 Å². The standard InChI is InChI=1S/C21H21FN4O2/c1-14-4-2-7-17-20(14)24-13-25(21(17)28)12-19(27)26-9-8-23-11-18(26)15-5-3-6-16(22)10-15/h2-7,10,13,18,23H,8-9,11-12H2,1H3. The Kier molecular flexibility index (Phi) is 4.92. The van der Waals surface area contributed by atoms with E-state index in [4.69, 9.17) is 0 Å². The number of amides is 1. The maximum Gasteiger partial charge on any atom is 0.261 e. The molecule has 1 N–H and O–H groups in total. The van der Waals surface area contributed by atoms with Gasteiger partial charge in [-0.25, -0.2) is 9.37 Å². The van der Waals surface area contributed by atoms with Crippen LogP contribution in [0.4, 0.5) is 4.39 Å². The molecule has 0 spiro atoms. The Balaban J connectivity index is 1.62. The number of aryl methyl sites for hydroxylation is 1. The fraction of sp³-hybridized carbons (Fsp3) is 0.286. The topological polar surface area (TPSA) is 67.2 Å². The van der Waals surface area contributed by atoms with Crippen molar-refractivity contribution >= 4 is 16.8 Å². The lowest BCUT2D eigenvalue weighted by Crippen LogP contribution is -2.50. The Morgan fingerprint density at radius 2 is 2.11 bits per heavy atom. The number of benzene rings is 2. The molecule has 7 heteroatoms. The van der Waals surface area contributed by atoms with Gasteiger partial charge in [-0.15, -0.1) is 0 Å². The number of halogens is 1. The number of fused-ring (bicyclic) bond motifs is 1. The van der Waals surface area contributed by atoms with Gasteiger partial charge in [-0.05, 0) is 36.2 Å². The van der Waals surface area contributed by atoms with Gasteiger partial charge in [0, 0.05) is 19.6 Å². The predicted molar refractivity (Wildman–Crippen MR) is 104 cm³/mol. The second-order valence-electron chi connectivity index (χ2n) is 7.01. The van der Waals surface area contributed by atoms with Gasteiger partial charge in [0.05, 0.1) is 23.3 Å². The van der Waals surface area contributed by atoms with Gasteiger partial charge in [-0.1, -0.05) is 24.3 Å². The molecule has 0 saturated carbocycles. The van der Waals surface area contributed by atoms with Crippen LogP contribution < -0.4 is 10.9 Å². The summed E-state index contributed by atoms with van der Waals surface area (Å²) in [4.78, 5) is 31.9. The van der Waals surface area contributed by atoms with E-state index in [2.05, 4.69) is 10.3 Å². The van der Waals surface area contributed by atoms with E-state index in [0.717, 1.165) is 11.1 Å². The summed E-state index contributed by atoms with van der Waals surface area (Å²) in [5, 5.41) is 3.74.